The molecule has 5 aromatic rings. The van der Waals surface area contributed by atoms with Gasteiger partial charge in [-0.1, -0.05) is 41.7 Å². The zero-order valence-electron chi connectivity index (χ0n) is 17.6. The van der Waals surface area contributed by atoms with Crippen molar-refractivity contribution in [3.63, 3.8) is 0 Å². The number of nitrogens with one attached hydrogen (secondary N) is 1. The number of aromatic nitrogens is 3. The molecule has 1 N–H and O–H groups in total. The van der Waals surface area contributed by atoms with Crippen LogP contribution in [0.5, 0.6) is 5.75 Å². The van der Waals surface area contributed by atoms with Crippen LogP contribution in [-0.4, -0.2) is 21.6 Å². The molecule has 0 atom stereocenters. The Hall–Kier alpha value is -3.97. The fraction of sp³-hybridized carbons (Fsp3) is 0.0800. The smallest absolute Gasteiger partial charge is 0.266 e. The molecule has 0 spiro atoms. The van der Waals surface area contributed by atoms with Gasteiger partial charge in [0.25, 0.3) is 5.56 Å². The fourth-order valence-electron chi connectivity index (χ4n) is 3.56. The lowest BCUT2D eigenvalue weighted by molar-refractivity contribution is 0.414. The average Bonchev–Trinajstić information content (AvgIpc) is 3.19. The van der Waals surface area contributed by atoms with Gasteiger partial charge in [-0.3, -0.25) is 9.36 Å². The van der Waals surface area contributed by atoms with E-state index >= 15 is 0 Å². The molecule has 0 unspecified atom stereocenters. The van der Waals surface area contributed by atoms with Gasteiger partial charge in [-0.15, -0.1) is 0 Å². The first-order chi connectivity index (χ1) is 15.6. The Morgan fingerprint density at radius 1 is 0.906 bits per heavy atom. The van der Waals surface area contributed by atoms with Crippen LogP contribution in [0.2, 0.25) is 0 Å². The van der Waals surface area contributed by atoms with Crippen LogP contribution in [-0.2, 0) is 0 Å². The van der Waals surface area contributed by atoms with Crippen molar-refractivity contribution in [3.05, 3.63) is 94.9 Å². The van der Waals surface area contributed by atoms with Gasteiger partial charge in [0.2, 0.25) is 0 Å². The van der Waals surface area contributed by atoms with Crippen LogP contribution in [0.15, 0.2) is 83.7 Å². The molecule has 0 bridgehead atoms. The molecule has 5 rings (SSSR count). The third kappa shape index (κ3) is 3.63. The fourth-order valence-corrected chi connectivity index (χ4v) is 4.52. The monoisotopic (exact) mass is 440 g/mol. The molecule has 0 aliphatic carbocycles. The normalized spacial score (nSPS) is 10.9. The molecule has 2 aromatic heterocycles. The molecule has 0 aliphatic heterocycles. The van der Waals surface area contributed by atoms with Crippen molar-refractivity contribution in [1.82, 2.24) is 14.5 Å². The lowest BCUT2D eigenvalue weighted by atomic mass is 10.2. The number of thiazole rings is 1. The number of aryl methyl sites for hydroxylation is 1. The maximum atomic E-state index is 13.5. The standard InChI is InChI=1S/C25H20N4O2S/c1-16-22(32-25(26-16)27-17-8-4-3-5-9-17)23-28-21-11-7-6-10-20(21)24(30)29(23)18-12-14-19(31-2)15-13-18/h3-15H,1-2H3,(H,26,27). The van der Waals surface area contributed by atoms with E-state index in [9.17, 15) is 4.79 Å². The van der Waals surface area contributed by atoms with Crippen LogP contribution < -0.4 is 15.6 Å². The third-order valence-corrected chi connectivity index (χ3v) is 6.20. The Morgan fingerprint density at radius 2 is 1.62 bits per heavy atom. The first-order valence-electron chi connectivity index (χ1n) is 10.1. The summed E-state index contributed by atoms with van der Waals surface area (Å²) in [6.07, 6.45) is 0. The number of methoxy groups -OCH3 is 1. The summed E-state index contributed by atoms with van der Waals surface area (Å²) < 4.78 is 6.93. The summed E-state index contributed by atoms with van der Waals surface area (Å²) >= 11 is 1.47. The van der Waals surface area contributed by atoms with Crippen molar-refractivity contribution in [1.29, 1.82) is 0 Å². The van der Waals surface area contributed by atoms with Gasteiger partial charge in [-0.25, -0.2) is 9.97 Å². The van der Waals surface area contributed by atoms with E-state index in [0.29, 0.717) is 16.7 Å². The highest BCUT2D eigenvalue weighted by Crippen LogP contribution is 2.34. The van der Waals surface area contributed by atoms with Gasteiger partial charge >= 0.3 is 0 Å². The summed E-state index contributed by atoms with van der Waals surface area (Å²) in [5.41, 5.74) is 3.00. The van der Waals surface area contributed by atoms with E-state index in [1.165, 1.54) is 11.3 Å². The second kappa shape index (κ2) is 8.28. The largest absolute Gasteiger partial charge is 0.497 e. The third-order valence-electron chi connectivity index (χ3n) is 5.13. The van der Waals surface area contributed by atoms with Crippen molar-refractivity contribution in [2.75, 3.05) is 12.4 Å². The van der Waals surface area contributed by atoms with Crippen molar-refractivity contribution >= 4 is 33.1 Å². The van der Waals surface area contributed by atoms with Gasteiger partial charge in [0.1, 0.15) is 5.75 Å². The van der Waals surface area contributed by atoms with Crippen molar-refractivity contribution in [2.45, 2.75) is 6.92 Å². The Kier molecular flexibility index (Phi) is 5.17. The molecular weight excluding hydrogens is 420 g/mol. The van der Waals surface area contributed by atoms with E-state index < -0.39 is 0 Å². The highest BCUT2D eigenvalue weighted by molar-refractivity contribution is 7.19. The molecule has 0 saturated heterocycles. The van der Waals surface area contributed by atoms with Crippen LogP contribution in [0.1, 0.15) is 5.69 Å². The van der Waals surface area contributed by atoms with Crippen LogP contribution in [0.3, 0.4) is 0 Å². The quantitative estimate of drug-likeness (QED) is 0.387. The van der Waals surface area contributed by atoms with Gasteiger partial charge in [0, 0.05) is 5.69 Å². The van der Waals surface area contributed by atoms with Crippen LogP contribution in [0.25, 0.3) is 27.3 Å². The number of ether oxygens (including phenoxy) is 1. The minimum Gasteiger partial charge on any atom is -0.497 e. The number of benzene rings is 3. The highest BCUT2D eigenvalue weighted by atomic mass is 32.1. The number of hydrogen-bond acceptors (Lipinski definition) is 6. The van der Waals surface area contributed by atoms with Crippen molar-refractivity contribution in [2.24, 2.45) is 0 Å². The molecule has 0 radical (unpaired) electrons. The number of hydrogen-bond donors (Lipinski definition) is 1. The van der Waals surface area contributed by atoms with Crippen LogP contribution >= 0.6 is 11.3 Å². The van der Waals surface area contributed by atoms with Gasteiger partial charge in [-0.2, -0.15) is 0 Å². The highest BCUT2D eigenvalue weighted by Gasteiger charge is 2.19. The molecule has 6 nitrogen and oxygen atoms in total. The van der Waals surface area contributed by atoms with E-state index in [2.05, 4.69) is 10.3 Å². The molecule has 0 saturated carbocycles. The zero-order chi connectivity index (χ0) is 22.1. The number of nitrogens with zero attached hydrogens (tertiary/aromatic N) is 3. The minimum absolute atomic E-state index is 0.124. The van der Waals surface area contributed by atoms with E-state index in [1.807, 2.05) is 79.7 Å². The number of rotatable bonds is 5. The molecular formula is C25H20N4O2S. The molecule has 158 valence electrons. The second-order valence-electron chi connectivity index (χ2n) is 7.22. The molecule has 7 heteroatoms. The molecule has 0 amide bonds. The topological polar surface area (TPSA) is 69.0 Å². The van der Waals surface area contributed by atoms with Crippen LogP contribution in [0, 0.1) is 6.92 Å². The second-order valence-corrected chi connectivity index (χ2v) is 8.21. The zero-order valence-corrected chi connectivity index (χ0v) is 18.4. The Morgan fingerprint density at radius 3 is 2.38 bits per heavy atom. The molecule has 3 aromatic carbocycles. The summed E-state index contributed by atoms with van der Waals surface area (Å²) in [4.78, 5) is 23.9. The average molecular weight is 441 g/mol. The lowest BCUT2D eigenvalue weighted by Crippen LogP contribution is -2.21. The van der Waals surface area contributed by atoms with Crippen molar-refractivity contribution < 1.29 is 4.74 Å². The maximum absolute atomic E-state index is 13.5. The van der Waals surface area contributed by atoms with E-state index in [4.69, 9.17) is 9.72 Å². The molecule has 2 heterocycles. The molecule has 32 heavy (non-hydrogen) atoms. The summed E-state index contributed by atoms with van der Waals surface area (Å²) in [6, 6.07) is 24.7. The first kappa shape index (κ1) is 20.0. The van der Waals surface area contributed by atoms with Gasteiger partial charge in [-0.05, 0) is 55.5 Å². The number of para-hydroxylation sites is 2. The number of fused-ring (bicyclic) bond motifs is 1. The van der Waals surface area contributed by atoms with E-state index in [1.54, 1.807) is 17.7 Å². The Balaban J connectivity index is 1.70. The maximum Gasteiger partial charge on any atom is 0.266 e. The summed E-state index contributed by atoms with van der Waals surface area (Å²) in [5.74, 6) is 1.29. The van der Waals surface area contributed by atoms with E-state index in [-0.39, 0.29) is 5.56 Å². The summed E-state index contributed by atoms with van der Waals surface area (Å²) in [6.45, 7) is 1.93. The van der Waals surface area contributed by atoms with Crippen LogP contribution in [0.4, 0.5) is 10.8 Å². The van der Waals surface area contributed by atoms with Crippen molar-refractivity contribution in [3.8, 4) is 22.1 Å². The van der Waals surface area contributed by atoms with E-state index in [0.717, 1.165) is 32.8 Å². The molecule has 0 fully saturated rings. The van der Waals surface area contributed by atoms with Gasteiger partial charge < -0.3 is 10.1 Å². The first-order valence-corrected chi connectivity index (χ1v) is 10.9. The number of anilines is 2. The lowest BCUT2D eigenvalue weighted by Gasteiger charge is -2.13. The predicted octanol–water partition coefficient (Wildman–Crippen LogP) is 5.57. The van der Waals surface area contributed by atoms with Gasteiger partial charge in [0.15, 0.2) is 11.0 Å². The summed E-state index contributed by atoms with van der Waals surface area (Å²) in [5, 5.41) is 4.65. The van der Waals surface area contributed by atoms with Gasteiger partial charge in [0.05, 0.1) is 34.3 Å². The Labute approximate surface area is 188 Å². The Bertz CT molecular complexity index is 1460. The predicted molar refractivity (Wildman–Crippen MR) is 129 cm³/mol. The minimum atomic E-state index is -0.124. The summed E-state index contributed by atoms with van der Waals surface area (Å²) in [7, 11) is 1.62. The SMILES string of the molecule is COc1ccc(-n2c(-c3sc(Nc4ccccc4)nc3C)nc3ccccc3c2=O)cc1. The molecule has 0 aliphatic rings.